The SMILES string of the molecule is c1ccc(N(c2ccc(-c3ccc4oc5ccccc5c4c3)cc2)c2ccc(-c3ccccc3-n3c4ccccc4c4ccccc43)cc2)c(-c2cccc3oc4cc5ccccc5cc4c23)c1. The van der Waals surface area contributed by atoms with Crippen molar-refractivity contribution in [2.45, 2.75) is 0 Å². The largest absolute Gasteiger partial charge is 0.456 e. The molecule has 0 saturated carbocycles. The molecule has 318 valence electrons. The topological polar surface area (TPSA) is 34.5 Å². The second-order valence-corrected chi connectivity index (χ2v) is 17.6. The Balaban J connectivity index is 0.929. The quantitative estimate of drug-likeness (QED) is 0.160. The highest BCUT2D eigenvalue weighted by Crippen LogP contribution is 2.46. The average molecular weight is 869 g/mol. The Morgan fingerprint density at radius 2 is 0.853 bits per heavy atom. The molecule has 0 aliphatic rings. The van der Waals surface area contributed by atoms with Crippen LogP contribution in [0, 0.1) is 0 Å². The zero-order valence-corrected chi connectivity index (χ0v) is 36.8. The van der Waals surface area contributed by atoms with E-state index in [0.29, 0.717) is 0 Å². The Morgan fingerprint density at radius 3 is 1.62 bits per heavy atom. The van der Waals surface area contributed by atoms with Crippen LogP contribution in [0.5, 0.6) is 0 Å². The molecule has 0 unspecified atom stereocenters. The molecule has 3 heterocycles. The maximum Gasteiger partial charge on any atom is 0.136 e. The first-order valence-electron chi connectivity index (χ1n) is 23.2. The lowest BCUT2D eigenvalue weighted by Crippen LogP contribution is -2.11. The van der Waals surface area contributed by atoms with Crippen molar-refractivity contribution in [2.24, 2.45) is 0 Å². The van der Waals surface area contributed by atoms with Gasteiger partial charge in [-0.2, -0.15) is 0 Å². The second kappa shape index (κ2) is 15.2. The molecule has 0 radical (unpaired) electrons. The second-order valence-electron chi connectivity index (χ2n) is 17.6. The van der Waals surface area contributed by atoms with E-state index in [2.05, 4.69) is 240 Å². The lowest BCUT2D eigenvalue weighted by Gasteiger charge is -2.28. The van der Waals surface area contributed by atoms with Gasteiger partial charge in [-0.3, -0.25) is 0 Å². The van der Waals surface area contributed by atoms with Gasteiger partial charge in [-0.25, -0.2) is 0 Å². The van der Waals surface area contributed by atoms with Crippen LogP contribution in [0.15, 0.2) is 251 Å². The van der Waals surface area contributed by atoms with Crippen molar-refractivity contribution in [2.75, 3.05) is 4.90 Å². The van der Waals surface area contributed by atoms with Gasteiger partial charge >= 0.3 is 0 Å². The normalized spacial score (nSPS) is 11.8. The highest BCUT2D eigenvalue weighted by Gasteiger charge is 2.22. The molecule has 0 aliphatic carbocycles. The Morgan fingerprint density at radius 1 is 0.309 bits per heavy atom. The van der Waals surface area contributed by atoms with Crippen LogP contribution in [0.25, 0.3) is 116 Å². The molecule has 4 heteroatoms. The van der Waals surface area contributed by atoms with Crippen molar-refractivity contribution in [1.82, 2.24) is 4.57 Å². The van der Waals surface area contributed by atoms with E-state index in [-0.39, 0.29) is 0 Å². The molecular formula is C64H40N2O2. The van der Waals surface area contributed by atoms with E-state index >= 15 is 0 Å². The summed E-state index contributed by atoms with van der Waals surface area (Å²) >= 11 is 0. The summed E-state index contributed by atoms with van der Waals surface area (Å²) in [6, 6.07) is 87.1. The van der Waals surface area contributed by atoms with E-state index in [9.17, 15) is 0 Å². The first-order valence-corrected chi connectivity index (χ1v) is 23.2. The molecule has 0 saturated heterocycles. The Hall–Kier alpha value is -9.12. The van der Waals surface area contributed by atoms with Crippen molar-refractivity contribution < 1.29 is 8.83 Å². The molecule has 0 amide bonds. The molecule has 11 aromatic carbocycles. The van der Waals surface area contributed by atoms with Gasteiger partial charge in [0.15, 0.2) is 0 Å². The van der Waals surface area contributed by atoms with Crippen molar-refractivity contribution in [3.63, 3.8) is 0 Å². The molecule has 14 aromatic rings. The van der Waals surface area contributed by atoms with Crippen LogP contribution in [0.2, 0.25) is 0 Å². The van der Waals surface area contributed by atoms with E-state index in [1.807, 2.05) is 12.1 Å². The maximum atomic E-state index is 6.61. The molecule has 3 aromatic heterocycles. The van der Waals surface area contributed by atoms with Gasteiger partial charge in [0, 0.05) is 54.8 Å². The van der Waals surface area contributed by atoms with Crippen molar-refractivity contribution >= 4 is 93.5 Å². The standard InChI is InChI=1S/C64H40N2O2/c1-2-15-44-40-63-55(39-43(44)14-1)64-53(21-13-27-62(64)68-63)51-19-6-9-23-57(51)65(46-33-28-41(29-34-46)45-32-37-61-54(38-45)52-20-7-12-26-60(52)67-61)47-35-30-42(31-36-47)48-16-3-8-22-56(48)66-58-24-10-4-17-49(58)50-18-5-11-25-59(50)66/h1-40H. The third kappa shape index (κ3) is 6.01. The summed E-state index contributed by atoms with van der Waals surface area (Å²) in [6.45, 7) is 0. The maximum absolute atomic E-state index is 6.61. The molecule has 0 bridgehead atoms. The molecule has 14 rings (SSSR count). The minimum absolute atomic E-state index is 0.868. The van der Waals surface area contributed by atoms with Gasteiger partial charge in [-0.05, 0) is 118 Å². The number of rotatable bonds is 7. The number of nitrogens with zero attached hydrogens (tertiary/aromatic N) is 2. The molecule has 0 N–H and O–H groups in total. The van der Waals surface area contributed by atoms with E-state index in [1.165, 1.54) is 27.2 Å². The Labute approximate surface area is 391 Å². The fourth-order valence-corrected chi connectivity index (χ4v) is 10.7. The van der Waals surface area contributed by atoms with Gasteiger partial charge in [-0.15, -0.1) is 0 Å². The van der Waals surface area contributed by atoms with Crippen molar-refractivity contribution in [1.29, 1.82) is 0 Å². The van der Waals surface area contributed by atoms with Gasteiger partial charge in [0.1, 0.15) is 22.3 Å². The van der Waals surface area contributed by atoms with E-state index in [0.717, 1.165) is 105 Å². The summed E-state index contributed by atoms with van der Waals surface area (Å²) in [5, 5.41) is 9.30. The van der Waals surface area contributed by atoms with Crippen LogP contribution >= 0.6 is 0 Å². The fourth-order valence-electron chi connectivity index (χ4n) is 10.7. The monoisotopic (exact) mass is 868 g/mol. The number of anilines is 3. The highest BCUT2D eigenvalue weighted by atomic mass is 16.3. The first kappa shape index (κ1) is 38.2. The lowest BCUT2D eigenvalue weighted by atomic mass is 9.95. The number of fused-ring (bicyclic) bond motifs is 10. The molecule has 0 aliphatic heterocycles. The number of furan rings is 2. The van der Waals surface area contributed by atoms with Crippen LogP contribution < -0.4 is 4.90 Å². The van der Waals surface area contributed by atoms with Gasteiger partial charge in [0.05, 0.1) is 22.4 Å². The lowest BCUT2D eigenvalue weighted by molar-refractivity contribution is 0.669. The first-order chi connectivity index (χ1) is 33.7. The van der Waals surface area contributed by atoms with E-state index in [4.69, 9.17) is 8.83 Å². The van der Waals surface area contributed by atoms with Crippen molar-refractivity contribution in [3.8, 4) is 39.1 Å². The summed E-state index contributed by atoms with van der Waals surface area (Å²) in [5.74, 6) is 0. The molecule has 0 fully saturated rings. The molecule has 4 nitrogen and oxygen atoms in total. The molecule has 0 spiro atoms. The zero-order valence-electron chi connectivity index (χ0n) is 36.8. The zero-order chi connectivity index (χ0) is 44.7. The summed E-state index contributed by atoms with van der Waals surface area (Å²) < 4.78 is 15.2. The molecule has 0 atom stereocenters. The summed E-state index contributed by atoms with van der Waals surface area (Å²) in [5.41, 5.74) is 17.0. The number of benzene rings is 11. The minimum atomic E-state index is 0.868. The minimum Gasteiger partial charge on any atom is -0.456 e. The Kier molecular flexibility index (Phi) is 8.55. The van der Waals surface area contributed by atoms with Gasteiger partial charge in [0.25, 0.3) is 0 Å². The highest BCUT2D eigenvalue weighted by molar-refractivity contribution is 6.17. The molecular weight excluding hydrogens is 829 g/mol. The number of aromatic nitrogens is 1. The number of hydrogen-bond acceptors (Lipinski definition) is 3. The smallest absolute Gasteiger partial charge is 0.136 e. The predicted molar refractivity (Wildman–Crippen MR) is 284 cm³/mol. The predicted octanol–water partition coefficient (Wildman–Crippen LogP) is 18.2. The van der Waals surface area contributed by atoms with Crippen LogP contribution in [-0.4, -0.2) is 4.57 Å². The number of para-hydroxylation sites is 5. The van der Waals surface area contributed by atoms with E-state index < -0.39 is 0 Å². The fraction of sp³-hybridized carbons (Fsp3) is 0. The van der Waals surface area contributed by atoms with E-state index in [1.54, 1.807) is 0 Å². The van der Waals surface area contributed by atoms with Crippen LogP contribution in [0.3, 0.4) is 0 Å². The van der Waals surface area contributed by atoms with Gasteiger partial charge in [-0.1, -0.05) is 158 Å². The van der Waals surface area contributed by atoms with Crippen LogP contribution in [0.4, 0.5) is 17.1 Å². The average Bonchev–Trinajstić information content (AvgIpc) is 4.08. The van der Waals surface area contributed by atoms with Gasteiger partial charge < -0.3 is 18.3 Å². The molecule has 68 heavy (non-hydrogen) atoms. The number of hydrogen-bond donors (Lipinski definition) is 0. The third-order valence-corrected chi connectivity index (χ3v) is 13.8. The van der Waals surface area contributed by atoms with Crippen LogP contribution in [0.1, 0.15) is 0 Å². The third-order valence-electron chi connectivity index (χ3n) is 13.8. The van der Waals surface area contributed by atoms with Crippen molar-refractivity contribution in [3.05, 3.63) is 243 Å². The summed E-state index contributed by atoms with van der Waals surface area (Å²) in [7, 11) is 0. The summed E-state index contributed by atoms with van der Waals surface area (Å²) in [4.78, 5) is 2.39. The van der Waals surface area contributed by atoms with Gasteiger partial charge in [0.2, 0.25) is 0 Å². The van der Waals surface area contributed by atoms with Crippen LogP contribution in [-0.2, 0) is 0 Å². The Bertz CT molecular complexity index is 4210. The summed E-state index contributed by atoms with van der Waals surface area (Å²) in [6.07, 6.45) is 0.